The SMILES string of the molecule is c1ccc(N2c3ccccc3B3c4cc5c(cc4N(c4ccccc4)c4cccc2c43)N(c2ccccc2)c2ncnc3c2B5c2cncnc2N3c2ccccc2)cc1. The van der Waals surface area contributed by atoms with Crippen molar-refractivity contribution in [3.63, 3.8) is 0 Å². The maximum Gasteiger partial charge on any atom is 0.260 e. The van der Waals surface area contributed by atoms with Crippen LogP contribution in [-0.4, -0.2) is 33.4 Å². The molecule has 278 valence electrons. The minimum Gasteiger partial charge on any atom is -0.311 e. The molecule has 0 spiro atoms. The number of hydrogen-bond acceptors (Lipinski definition) is 8. The normalized spacial score (nSPS) is 13.8. The molecule has 0 amide bonds. The van der Waals surface area contributed by atoms with Gasteiger partial charge in [0.1, 0.15) is 30.1 Å². The van der Waals surface area contributed by atoms with Crippen LogP contribution in [0, 0.1) is 0 Å². The minimum atomic E-state index is -0.242. The smallest absolute Gasteiger partial charge is 0.260 e. The summed E-state index contributed by atoms with van der Waals surface area (Å²) in [7, 11) is 0. The van der Waals surface area contributed by atoms with Gasteiger partial charge >= 0.3 is 0 Å². The number of nitrogens with zero attached hydrogens (tertiary/aromatic N) is 8. The fourth-order valence-electron chi connectivity index (χ4n) is 10.1. The van der Waals surface area contributed by atoms with Crippen LogP contribution in [0.4, 0.5) is 68.6 Å². The minimum absolute atomic E-state index is 0.0541. The van der Waals surface area contributed by atoms with E-state index in [4.69, 9.17) is 15.0 Å². The van der Waals surface area contributed by atoms with E-state index in [2.05, 4.69) is 194 Å². The van der Waals surface area contributed by atoms with E-state index in [1.165, 1.54) is 27.8 Å². The van der Waals surface area contributed by atoms with E-state index >= 15 is 0 Å². The Labute approximate surface area is 347 Å². The molecule has 0 N–H and O–H groups in total. The van der Waals surface area contributed by atoms with Crippen LogP contribution in [-0.2, 0) is 0 Å². The van der Waals surface area contributed by atoms with Gasteiger partial charge in [0.2, 0.25) is 0 Å². The molecule has 0 saturated heterocycles. The zero-order valence-electron chi connectivity index (χ0n) is 32.2. The average Bonchev–Trinajstić information content (AvgIpc) is 3.32. The second-order valence-electron chi connectivity index (χ2n) is 15.5. The molecule has 0 atom stereocenters. The van der Waals surface area contributed by atoms with Crippen molar-refractivity contribution in [2.45, 2.75) is 0 Å². The van der Waals surface area contributed by atoms with Crippen molar-refractivity contribution in [3.05, 3.63) is 195 Å². The van der Waals surface area contributed by atoms with Crippen LogP contribution in [0.3, 0.4) is 0 Å². The predicted molar refractivity (Wildman–Crippen MR) is 246 cm³/mol. The molecule has 4 aliphatic rings. The number of benzene rings is 7. The number of hydrogen-bond donors (Lipinski definition) is 0. The van der Waals surface area contributed by atoms with Gasteiger partial charge in [0.15, 0.2) is 0 Å². The summed E-state index contributed by atoms with van der Waals surface area (Å²) < 4.78 is 0. The molecule has 0 radical (unpaired) electrons. The first-order chi connectivity index (χ1) is 29.8. The number of para-hydroxylation sites is 5. The number of aromatic nitrogens is 4. The van der Waals surface area contributed by atoms with Crippen molar-refractivity contribution in [2.75, 3.05) is 19.6 Å². The Morgan fingerprint density at radius 2 is 0.783 bits per heavy atom. The van der Waals surface area contributed by atoms with Gasteiger partial charge in [-0.3, -0.25) is 9.80 Å². The third-order valence-corrected chi connectivity index (χ3v) is 12.5. The van der Waals surface area contributed by atoms with E-state index in [1.807, 2.05) is 12.3 Å². The van der Waals surface area contributed by atoms with Crippen LogP contribution in [0.5, 0.6) is 0 Å². The monoisotopic (exact) mass is 766 g/mol. The number of anilines is 12. The zero-order valence-corrected chi connectivity index (χ0v) is 32.2. The molecule has 0 fully saturated rings. The molecule has 13 rings (SSSR count). The second-order valence-corrected chi connectivity index (χ2v) is 15.5. The third kappa shape index (κ3) is 4.58. The highest BCUT2D eigenvalue weighted by atomic mass is 15.3. The van der Waals surface area contributed by atoms with Crippen molar-refractivity contribution in [1.29, 1.82) is 0 Å². The maximum absolute atomic E-state index is 5.14. The van der Waals surface area contributed by atoms with Gasteiger partial charge in [-0.25, -0.2) is 19.9 Å². The Balaban J connectivity index is 1.14. The van der Waals surface area contributed by atoms with Crippen LogP contribution in [0.1, 0.15) is 0 Å². The highest BCUT2D eigenvalue weighted by Crippen LogP contribution is 2.47. The summed E-state index contributed by atoms with van der Waals surface area (Å²) in [5.41, 5.74) is 16.9. The molecular formula is C50H32B2N8. The molecule has 2 aromatic heterocycles. The highest BCUT2D eigenvalue weighted by molar-refractivity contribution is 7.03. The Morgan fingerprint density at radius 1 is 0.317 bits per heavy atom. The van der Waals surface area contributed by atoms with E-state index in [9.17, 15) is 0 Å². The average molecular weight is 766 g/mol. The molecule has 0 saturated carbocycles. The summed E-state index contributed by atoms with van der Waals surface area (Å²) in [6, 6.07) is 63.0. The van der Waals surface area contributed by atoms with Gasteiger partial charge in [0, 0.05) is 62.8 Å². The van der Waals surface area contributed by atoms with Crippen molar-refractivity contribution < 1.29 is 0 Å². The van der Waals surface area contributed by atoms with Crippen LogP contribution in [0.25, 0.3) is 0 Å². The van der Waals surface area contributed by atoms with Gasteiger partial charge < -0.3 is 9.80 Å². The summed E-state index contributed by atoms with van der Waals surface area (Å²) in [6.07, 6.45) is 5.32. The lowest BCUT2D eigenvalue weighted by Gasteiger charge is -2.46. The second kappa shape index (κ2) is 12.8. The molecule has 10 heteroatoms. The van der Waals surface area contributed by atoms with E-state index in [1.54, 1.807) is 12.7 Å². The first-order valence-electron chi connectivity index (χ1n) is 20.3. The molecule has 6 heterocycles. The Morgan fingerprint density at radius 3 is 1.42 bits per heavy atom. The Bertz CT molecular complexity index is 2940. The molecule has 8 nitrogen and oxygen atoms in total. The number of fused-ring (bicyclic) bond motifs is 8. The lowest BCUT2D eigenvalue weighted by atomic mass is 9.30. The van der Waals surface area contributed by atoms with Gasteiger partial charge in [-0.05, 0) is 100 Å². The number of rotatable bonds is 4. The molecule has 60 heavy (non-hydrogen) atoms. The fraction of sp³-hybridized carbons (Fsp3) is 0. The summed E-state index contributed by atoms with van der Waals surface area (Å²) in [5, 5.41) is 0. The van der Waals surface area contributed by atoms with Gasteiger partial charge in [-0.1, -0.05) is 103 Å². The quantitative estimate of drug-likeness (QED) is 0.172. The van der Waals surface area contributed by atoms with E-state index < -0.39 is 0 Å². The summed E-state index contributed by atoms with van der Waals surface area (Å²) in [4.78, 5) is 29.3. The molecule has 7 aromatic carbocycles. The largest absolute Gasteiger partial charge is 0.311 e. The Hall–Kier alpha value is -7.97. The highest BCUT2D eigenvalue weighted by Gasteiger charge is 2.49. The molecule has 4 aliphatic heterocycles. The van der Waals surface area contributed by atoms with Gasteiger partial charge in [0.05, 0.1) is 0 Å². The summed E-state index contributed by atoms with van der Waals surface area (Å²) in [6.45, 7) is -0.296. The topological polar surface area (TPSA) is 64.5 Å². The first-order valence-corrected chi connectivity index (χ1v) is 20.3. The lowest BCUT2D eigenvalue weighted by Crippen LogP contribution is -2.65. The molecule has 0 aliphatic carbocycles. The van der Waals surface area contributed by atoms with Gasteiger partial charge in [-0.15, -0.1) is 0 Å². The van der Waals surface area contributed by atoms with E-state index in [-0.39, 0.29) is 13.4 Å². The van der Waals surface area contributed by atoms with Crippen molar-refractivity contribution in [2.24, 2.45) is 0 Å². The van der Waals surface area contributed by atoms with Crippen LogP contribution >= 0.6 is 0 Å². The Kier molecular flexibility index (Phi) is 7.03. The van der Waals surface area contributed by atoms with Crippen LogP contribution < -0.4 is 52.4 Å². The van der Waals surface area contributed by atoms with Crippen LogP contribution in [0.15, 0.2) is 195 Å². The third-order valence-electron chi connectivity index (χ3n) is 12.5. The first kappa shape index (κ1) is 33.0. The van der Waals surface area contributed by atoms with Crippen molar-refractivity contribution >= 4 is 115 Å². The van der Waals surface area contributed by atoms with Crippen molar-refractivity contribution in [3.8, 4) is 0 Å². The molecular weight excluding hydrogens is 734 g/mol. The lowest BCUT2D eigenvalue weighted by molar-refractivity contribution is 1.06. The molecule has 9 aromatic rings. The fourth-order valence-corrected chi connectivity index (χ4v) is 10.1. The standard InChI is InChI=1S/C50H32B2N8/c1-5-16-33(17-6-1)57-41-25-14-13-24-37(41)51-38-28-39-45(29-44(38)58(34-18-7-2-8-19-34)43-27-15-26-42(57)46(43)51)59(35-20-9-3-10-21-35)49-47-50(56-32-55-49)60(36-22-11-4-12-23-36)48-40(52(39)47)30-53-31-54-48/h1-32H. The zero-order chi connectivity index (χ0) is 39.3. The van der Waals surface area contributed by atoms with Crippen molar-refractivity contribution in [1.82, 2.24) is 19.9 Å². The van der Waals surface area contributed by atoms with Gasteiger partial charge in [0.25, 0.3) is 13.4 Å². The molecule has 0 bridgehead atoms. The molecule has 0 unspecified atom stereocenters. The van der Waals surface area contributed by atoms with E-state index in [0.29, 0.717) is 0 Å². The van der Waals surface area contributed by atoms with E-state index in [0.717, 1.165) is 73.7 Å². The summed E-state index contributed by atoms with van der Waals surface area (Å²) in [5.74, 6) is 2.47. The van der Waals surface area contributed by atoms with Crippen LogP contribution in [0.2, 0.25) is 0 Å². The summed E-state index contributed by atoms with van der Waals surface area (Å²) >= 11 is 0. The predicted octanol–water partition coefficient (Wildman–Crippen LogP) is 7.43. The maximum atomic E-state index is 5.14. The van der Waals surface area contributed by atoms with Gasteiger partial charge in [-0.2, -0.15) is 0 Å².